The molecular weight excluding hydrogens is 267 g/mol. The molecule has 5 heteroatoms. The van der Waals surface area contributed by atoms with Crippen molar-refractivity contribution in [3.63, 3.8) is 0 Å². The highest BCUT2D eigenvalue weighted by molar-refractivity contribution is 6.33. The second-order valence-corrected chi connectivity index (χ2v) is 4.53. The summed E-state index contributed by atoms with van der Waals surface area (Å²) in [5.74, 6) is -0.287. The lowest BCUT2D eigenvalue weighted by Crippen LogP contribution is -1.94. The first-order valence-electron chi connectivity index (χ1n) is 5.73. The quantitative estimate of drug-likeness (QED) is 0.775. The van der Waals surface area contributed by atoms with Gasteiger partial charge in [0.25, 0.3) is 0 Å². The summed E-state index contributed by atoms with van der Waals surface area (Å²) in [6.45, 7) is 0.415. The molecule has 0 bridgehead atoms. The van der Waals surface area contributed by atoms with Crippen molar-refractivity contribution in [2.75, 3.05) is 0 Å². The van der Waals surface area contributed by atoms with Crippen LogP contribution in [0.5, 0.6) is 0 Å². The van der Waals surface area contributed by atoms with Gasteiger partial charge in [0.2, 0.25) is 5.89 Å². The van der Waals surface area contributed by atoms with Crippen molar-refractivity contribution in [1.29, 1.82) is 0 Å². The predicted octanol–water partition coefficient (Wildman–Crippen LogP) is 3.75. The molecule has 0 saturated carbocycles. The molecule has 3 rings (SSSR count). The van der Waals surface area contributed by atoms with Crippen LogP contribution in [0.25, 0.3) is 22.6 Å². The Morgan fingerprint density at radius 1 is 1.26 bits per heavy atom. The number of halogens is 2. The van der Waals surface area contributed by atoms with Crippen molar-refractivity contribution in [3.8, 4) is 11.5 Å². The highest BCUT2D eigenvalue weighted by Crippen LogP contribution is 2.32. The lowest BCUT2D eigenvalue weighted by Gasteiger charge is -1.99. The molecule has 2 aromatic carbocycles. The van der Waals surface area contributed by atoms with E-state index in [4.69, 9.17) is 21.8 Å². The van der Waals surface area contributed by atoms with Gasteiger partial charge < -0.3 is 10.2 Å². The molecule has 0 radical (unpaired) electrons. The van der Waals surface area contributed by atoms with Gasteiger partial charge in [0.1, 0.15) is 11.3 Å². The van der Waals surface area contributed by atoms with E-state index >= 15 is 0 Å². The maximum Gasteiger partial charge on any atom is 0.231 e. The minimum Gasteiger partial charge on any atom is -0.436 e. The maximum atomic E-state index is 13.8. The summed E-state index contributed by atoms with van der Waals surface area (Å²) in [5.41, 5.74) is 7.89. The van der Waals surface area contributed by atoms with E-state index in [1.54, 1.807) is 12.1 Å². The Balaban J connectivity index is 2.21. The van der Waals surface area contributed by atoms with Crippen molar-refractivity contribution in [1.82, 2.24) is 4.98 Å². The second kappa shape index (κ2) is 4.64. The minimum absolute atomic E-state index is 0.173. The van der Waals surface area contributed by atoms with Crippen LogP contribution in [-0.2, 0) is 6.54 Å². The van der Waals surface area contributed by atoms with Crippen LogP contribution in [0.1, 0.15) is 5.56 Å². The number of nitrogens with zero attached hydrogens (tertiary/aromatic N) is 1. The molecule has 1 aromatic heterocycles. The Kier molecular flexibility index (Phi) is 2.97. The Labute approximate surface area is 113 Å². The zero-order chi connectivity index (χ0) is 13.4. The van der Waals surface area contributed by atoms with Gasteiger partial charge >= 0.3 is 0 Å². The van der Waals surface area contributed by atoms with Gasteiger partial charge in [0.05, 0.1) is 10.6 Å². The number of hydrogen-bond acceptors (Lipinski definition) is 3. The Morgan fingerprint density at radius 3 is 2.84 bits per heavy atom. The largest absolute Gasteiger partial charge is 0.436 e. The molecule has 3 nitrogen and oxygen atoms in total. The molecular formula is C14H10ClFN2O. The number of nitrogens with two attached hydrogens (primary N) is 1. The molecule has 0 spiro atoms. The van der Waals surface area contributed by atoms with Crippen LogP contribution in [0.4, 0.5) is 4.39 Å². The van der Waals surface area contributed by atoms with Gasteiger partial charge in [-0.3, -0.25) is 0 Å². The topological polar surface area (TPSA) is 52.0 Å². The maximum absolute atomic E-state index is 13.8. The molecule has 0 amide bonds. The minimum atomic E-state index is -0.460. The third kappa shape index (κ3) is 2.09. The fourth-order valence-corrected chi connectivity index (χ4v) is 2.15. The van der Waals surface area contributed by atoms with Gasteiger partial charge in [-0.05, 0) is 29.8 Å². The van der Waals surface area contributed by atoms with Crippen LogP contribution < -0.4 is 5.73 Å². The number of oxazole rings is 1. The fourth-order valence-electron chi connectivity index (χ4n) is 1.91. The number of rotatable bonds is 2. The van der Waals surface area contributed by atoms with Gasteiger partial charge in [-0.1, -0.05) is 23.7 Å². The Hall–Kier alpha value is -1.91. The SMILES string of the molecule is NCc1ccc2oc(-c3c(F)cccc3Cl)nc2c1. The first-order chi connectivity index (χ1) is 9.19. The summed E-state index contributed by atoms with van der Waals surface area (Å²) in [4.78, 5) is 4.27. The second-order valence-electron chi connectivity index (χ2n) is 4.12. The average Bonchev–Trinajstić information content (AvgIpc) is 2.80. The molecule has 19 heavy (non-hydrogen) atoms. The lowest BCUT2D eigenvalue weighted by molar-refractivity contribution is 0.593. The summed E-state index contributed by atoms with van der Waals surface area (Å²) in [7, 11) is 0. The summed E-state index contributed by atoms with van der Waals surface area (Å²) in [6.07, 6.45) is 0. The normalized spacial score (nSPS) is 11.1. The number of benzene rings is 2. The molecule has 0 unspecified atom stereocenters. The first kappa shape index (κ1) is 12.1. The van der Waals surface area contributed by atoms with Crippen LogP contribution in [0.15, 0.2) is 40.8 Å². The molecule has 0 aliphatic carbocycles. The Bertz CT molecular complexity index is 734. The molecule has 0 aliphatic rings. The highest BCUT2D eigenvalue weighted by Gasteiger charge is 2.16. The number of hydrogen-bond donors (Lipinski definition) is 1. The molecule has 0 aliphatic heterocycles. The highest BCUT2D eigenvalue weighted by atomic mass is 35.5. The summed E-state index contributed by atoms with van der Waals surface area (Å²) in [6, 6.07) is 9.89. The molecule has 3 aromatic rings. The monoisotopic (exact) mass is 276 g/mol. The zero-order valence-corrected chi connectivity index (χ0v) is 10.6. The van der Waals surface area contributed by atoms with Crippen molar-refractivity contribution in [2.45, 2.75) is 6.54 Å². The van der Waals surface area contributed by atoms with Crippen LogP contribution >= 0.6 is 11.6 Å². The van der Waals surface area contributed by atoms with Gasteiger partial charge in [0.15, 0.2) is 5.58 Å². The van der Waals surface area contributed by atoms with Gasteiger partial charge in [0, 0.05) is 6.54 Å². The summed E-state index contributed by atoms with van der Waals surface area (Å²) >= 11 is 5.99. The van der Waals surface area contributed by atoms with Crippen molar-refractivity contribution >= 4 is 22.7 Å². The van der Waals surface area contributed by atoms with E-state index in [9.17, 15) is 4.39 Å². The van der Waals surface area contributed by atoms with E-state index in [0.717, 1.165) is 5.56 Å². The molecule has 1 heterocycles. The zero-order valence-electron chi connectivity index (χ0n) is 9.86. The van der Waals surface area contributed by atoms with Crippen LogP contribution in [-0.4, -0.2) is 4.98 Å². The average molecular weight is 277 g/mol. The number of aromatic nitrogens is 1. The predicted molar refractivity (Wildman–Crippen MR) is 72.3 cm³/mol. The van der Waals surface area contributed by atoms with Crippen molar-refractivity contribution < 1.29 is 8.81 Å². The standard InChI is InChI=1S/C14H10ClFN2O/c15-9-2-1-3-10(16)13(9)14-18-11-6-8(7-17)4-5-12(11)19-14/h1-6H,7,17H2. The lowest BCUT2D eigenvalue weighted by atomic mass is 10.2. The van der Waals surface area contributed by atoms with E-state index in [1.165, 1.54) is 12.1 Å². The van der Waals surface area contributed by atoms with Gasteiger partial charge in [-0.2, -0.15) is 0 Å². The smallest absolute Gasteiger partial charge is 0.231 e. The third-order valence-corrected chi connectivity index (χ3v) is 3.18. The third-order valence-electron chi connectivity index (χ3n) is 2.86. The van der Waals surface area contributed by atoms with Gasteiger partial charge in [-0.15, -0.1) is 0 Å². The summed E-state index contributed by atoms with van der Waals surface area (Å²) < 4.78 is 19.3. The summed E-state index contributed by atoms with van der Waals surface area (Å²) in [5, 5.41) is 0.269. The van der Waals surface area contributed by atoms with E-state index < -0.39 is 5.82 Å². The first-order valence-corrected chi connectivity index (χ1v) is 6.11. The van der Waals surface area contributed by atoms with Crippen molar-refractivity contribution in [2.24, 2.45) is 5.73 Å². The van der Waals surface area contributed by atoms with Crippen LogP contribution in [0.2, 0.25) is 5.02 Å². The Morgan fingerprint density at radius 2 is 2.11 bits per heavy atom. The van der Waals surface area contributed by atoms with E-state index in [2.05, 4.69) is 4.98 Å². The fraction of sp³-hybridized carbons (Fsp3) is 0.0714. The van der Waals surface area contributed by atoms with Crippen LogP contribution in [0, 0.1) is 5.82 Å². The van der Waals surface area contributed by atoms with E-state index in [1.807, 2.05) is 12.1 Å². The molecule has 96 valence electrons. The van der Waals surface area contributed by atoms with Crippen molar-refractivity contribution in [3.05, 3.63) is 52.8 Å². The number of fused-ring (bicyclic) bond motifs is 1. The van der Waals surface area contributed by atoms with E-state index in [-0.39, 0.29) is 16.5 Å². The molecule has 0 atom stereocenters. The molecule has 0 saturated heterocycles. The van der Waals surface area contributed by atoms with E-state index in [0.29, 0.717) is 17.6 Å². The van der Waals surface area contributed by atoms with Crippen LogP contribution in [0.3, 0.4) is 0 Å². The molecule has 2 N–H and O–H groups in total. The molecule has 0 fully saturated rings. The van der Waals surface area contributed by atoms with Gasteiger partial charge in [-0.25, -0.2) is 9.37 Å².